The molecular formula is C48H72FN7O8. The SMILES string of the molecule is C[C@@H](C(=O)N[C@H](C(=O)N1CC[C@@H]2[C@H]1[C@@H](c1c[nH]c3cc(F)ccc13)CN2C(=O)[C@@H](NC(=O)[C@H](C)N(C)C(=O)OC(C)(C)C)C1CCCCC1)C1CCCCC1)N(C)C(=O)OC(C)(C)C. The lowest BCUT2D eigenvalue weighted by Crippen LogP contribution is -2.59. The van der Waals surface area contributed by atoms with Gasteiger partial charge in [-0.2, -0.15) is 0 Å². The van der Waals surface area contributed by atoms with Gasteiger partial charge in [0.2, 0.25) is 23.6 Å². The number of hydrogen-bond acceptors (Lipinski definition) is 8. The van der Waals surface area contributed by atoms with Crippen molar-refractivity contribution in [2.24, 2.45) is 11.8 Å². The van der Waals surface area contributed by atoms with Gasteiger partial charge in [-0.25, -0.2) is 14.0 Å². The topological polar surface area (TPSA) is 174 Å². The van der Waals surface area contributed by atoms with Crippen LogP contribution in [0, 0.1) is 17.7 Å². The van der Waals surface area contributed by atoms with Crippen LogP contribution in [0.4, 0.5) is 14.0 Å². The van der Waals surface area contributed by atoms with E-state index in [1.807, 2.05) is 16.0 Å². The van der Waals surface area contributed by atoms with Crippen LogP contribution in [0.1, 0.15) is 138 Å². The molecule has 2 saturated carbocycles. The number of likely N-dealkylation sites (N-methyl/N-ethyl adjacent to an activating group) is 2. The summed E-state index contributed by atoms with van der Waals surface area (Å²) in [7, 11) is 3.01. The number of benzene rings is 1. The first-order chi connectivity index (χ1) is 30.1. The number of aromatic nitrogens is 1. The second-order valence-corrected chi connectivity index (χ2v) is 20.7. The van der Waals surface area contributed by atoms with E-state index in [4.69, 9.17) is 9.47 Å². The van der Waals surface area contributed by atoms with Crippen molar-refractivity contribution in [1.82, 2.24) is 35.2 Å². The van der Waals surface area contributed by atoms with Crippen molar-refractivity contribution in [3.8, 4) is 0 Å². The summed E-state index contributed by atoms with van der Waals surface area (Å²) in [5.74, 6) is -2.46. The van der Waals surface area contributed by atoms with E-state index in [1.165, 1.54) is 36.0 Å². The molecule has 2 saturated heterocycles. The van der Waals surface area contributed by atoms with Crippen LogP contribution < -0.4 is 10.6 Å². The van der Waals surface area contributed by atoms with Gasteiger partial charge in [-0.3, -0.25) is 29.0 Å². The summed E-state index contributed by atoms with van der Waals surface area (Å²) in [6.07, 6.45) is 9.75. The molecule has 0 bridgehead atoms. The van der Waals surface area contributed by atoms with E-state index in [0.717, 1.165) is 75.2 Å². The minimum atomic E-state index is -0.933. The lowest BCUT2D eigenvalue weighted by Gasteiger charge is -2.37. The Kier molecular flexibility index (Phi) is 14.9. The molecule has 2 aliphatic heterocycles. The van der Waals surface area contributed by atoms with Crippen molar-refractivity contribution in [2.75, 3.05) is 27.2 Å². The van der Waals surface area contributed by atoms with E-state index >= 15 is 9.59 Å². The van der Waals surface area contributed by atoms with Gasteiger partial charge in [0.1, 0.15) is 41.2 Å². The fourth-order valence-corrected chi connectivity index (χ4v) is 10.2. The smallest absolute Gasteiger partial charge is 0.410 e. The predicted molar refractivity (Wildman–Crippen MR) is 241 cm³/mol. The molecule has 0 unspecified atom stereocenters. The standard InChI is InChI=1S/C48H72FN7O8/c1-28(53(9)45(61)63-47(3,4)5)41(57)51-38(30-17-13-11-14-18-30)43(59)55-24-23-37-40(55)35(34-26-50-36-25-32(49)21-22-33(34)36)27-56(37)44(60)39(31-19-15-12-16-20-31)52-42(58)29(2)54(10)46(62)64-48(6,7)8/h21-22,25-26,28-31,35,37-40,50H,11-20,23-24,27H2,1-10H3,(H,51,57)(H,52,58)/t28-,29-,35+,37+,38-,39-,40+/m0/s1. The van der Waals surface area contributed by atoms with Gasteiger partial charge in [-0.15, -0.1) is 0 Å². The Labute approximate surface area is 377 Å². The molecule has 7 atom stereocenters. The summed E-state index contributed by atoms with van der Waals surface area (Å²) >= 11 is 0. The molecule has 1 aromatic heterocycles. The third-order valence-corrected chi connectivity index (χ3v) is 13.9. The minimum absolute atomic E-state index is 0.136. The molecule has 64 heavy (non-hydrogen) atoms. The lowest BCUT2D eigenvalue weighted by molar-refractivity contribution is -0.141. The highest BCUT2D eigenvalue weighted by Gasteiger charge is 2.55. The maximum absolute atomic E-state index is 15.3. The van der Waals surface area contributed by atoms with Crippen molar-refractivity contribution < 1.29 is 42.6 Å². The summed E-state index contributed by atoms with van der Waals surface area (Å²) in [5.41, 5.74) is -0.0893. The number of nitrogens with zero attached hydrogens (tertiary/aromatic N) is 4. The molecule has 16 heteroatoms. The number of nitrogens with one attached hydrogen (secondary N) is 3. The van der Waals surface area contributed by atoms with Gasteiger partial charge in [0.05, 0.1) is 12.1 Å². The van der Waals surface area contributed by atoms with Crippen LogP contribution >= 0.6 is 0 Å². The van der Waals surface area contributed by atoms with Crippen molar-refractivity contribution in [3.63, 3.8) is 0 Å². The molecule has 6 rings (SSSR count). The van der Waals surface area contributed by atoms with Crippen molar-refractivity contribution in [1.29, 1.82) is 0 Å². The van der Waals surface area contributed by atoms with Crippen LogP contribution in [0.25, 0.3) is 10.9 Å². The first-order valence-electron chi connectivity index (χ1n) is 23.5. The molecule has 3 N–H and O–H groups in total. The van der Waals surface area contributed by atoms with Crippen LogP contribution in [-0.4, -0.2) is 135 Å². The van der Waals surface area contributed by atoms with Gasteiger partial charge in [-0.05, 0) is 123 Å². The highest BCUT2D eigenvalue weighted by Crippen LogP contribution is 2.45. The van der Waals surface area contributed by atoms with E-state index in [2.05, 4.69) is 15.6 Å². The Morgan fingerprint density at radius 3 is 1.66 bits per heavy atom. The number of likely N-dealkylation sites (tertiary alicyclic amines) is 2. The number of aromatic amines is 1. The molecule has 1 aromatic carbocycles. The molecule has 4 aliphatic rings. The Balaban J connectivity index is 1.32. The number of carbonyl (C=O) groups excluding carboxylic acids is 6. The van der Waals surface area contributed by atoms with E-state index in [9.17, 15) is 23.6 Å². The highest BCUT2D eigenvalue weighted by molar-refractivity contribution is 5.94. The molecular weight excluding hydrogens is 822 g/mol. The molecule has 0 spiro atoms. The van der Waals surface area contributed by atoms with E-state index in [1.54, 1.807) is 61.5 Å². The third-order valence-electron chi connectivity index (χ3n) is 13.9. The van der Waals surface area contributed by atoms with E-state index in [-0.39, 0.29) is 36.1 Å². The van der Waals surface area contributed by atoms with Crippen molar-refractivity contribution >= 4 is 46.7 Å². The van der Waals surface area contributed by atoms with Crippen molar-refractivity contribution in [3.05, 3.63) is 35.8 Å². The number of hydrogen-bond donors (Lipinski definition) is 3. The van der Waals surface area contributed by atoms with Gasteiger partial charge >= 0.3 is 12.2 Å². The highest BCUT2D eigenvalue weighted by atomic mass is 19.1. The summed E-state index contributed by atoms with van der Waals surface area (Å²) in [5, 5.41) is 6.97. The fraction of sp³-hybridized carbons (Fsp3) is 0.708. The normalized spacial score (nSPS) is 22.8. The number of rotatable bonds is 11. The largest absolute Gasteiger partial charge is 0.444 e. The van der Waals surface area contributed by atoms with Crippen LogP contribution in [0.5, 0.6) is 0 Å². The van der Waals surface area contributed by atoms with Gasteiger partial charge < -0.3 is 34.9 Å². The van der Waals surface area contributed by atoms with Crippen molar-refractivity contribution in [2.45, 2.75) is 179 Å². The van der Waals surface area contributed by atoms with Gasteiger partial charge in [-0.1, -0.05) is 38.5 Å². The zero-order valence-corrected chi connectivity index (χ0v) is 39.6. The lowest BCUT2D eigenvalue weighted by atomic mass is 9.82. The minimum Gasteiger partial charge on any atom is -0.444 e. The quantitative estimate of drug-likeness (QED) is 0.220. The number of ether oxygens (including phenoxy) is 2. The number of halogens is 1. The zero-order chi connectivity index (χ0) is 46.8. The zero-order valence-electron chi connectivity index (χ0n) is 39.6. The summed E-state index contributed by atoms with van der Waals surface area (Å²) in [6, 6.07) is 0.0265. The molecule has 2 aliphatic carbocycles. The maximum atomic E-state index is 15.3. The second-order valence-electron chi connectivity index (χ2n) is 20.7. The third kappa shape index (κ3) is 11.0. The Bertz CT molecular complexity index is 1950. The first kappa shape index (κ1) is 48.6. The number of carbonyl (C=O) groups is 6. The van der Waals surface area contributed by atoms with E-state index in [0.29, 0.717) is 18.5 Å². The number of amides is 6. The average molecular weight is 894 g/mol. The maximum Gasteiger partial charge on any atom is 0.410 e. The van der Waals surface area contributed by atoms with Gasteiger partial charge in [0, 0.05) is 50.2 Å². The van der Waals surface area contributed by atoms with Crippen LogP contribution in [-0.2, 0) is 28.7 Å². The van der Waals surface area contributed by atoms with Crippen LogP contribution in [0.2, 0.25) is 0 Å². The fourth-order valence-electron chi connectivity index (χ4n) is 10.2. The Morgan fingerprint density at radius 2 is 1.19 bits per heavy atom. The summed E-state index contributed by atoms with van der Waals surface area (Å²) < 4.78 is 25.6. The Morgan fingerprint density at radius 1 is 0.719 bits per heavy atom. The molecule has 354 valence electrons. The predicted octanol–water partition coefficient (Wildman–Crippen LogP) is 6.84. The van der Waals surface area contributed by atoms with Crippen LogP contribution in [0.15, 0.2) is 24.4 Å². The molecule has 2 aromatic rings. The molecule has 4 fully saturated rings. The molecule has 3 heterocycles. The van der Waals surface area contributed by atoms with Gasteiger partial charge in [0.25, 0.3) is 0 Å². The second kappa shape index (κ2) is 19.7. The van der Waals surface area contributed by atoms with E-state index < -0.39 is 77.3 Å². The summed E-state index contributed by atoms with van der Waals surface area (Å²) in [4.78, 5) is 94.0. The molecule has 15 nitrogen and oxygen atoms in total. The van der Waals surface area contributed by atoms with Gasteiger partial charge in [0.15, 0.2) is 0 Å². The molecule has 6 amide bonds. The number of fused-ring (bicyclic) bond motifs is 2. The first-order valence-corrected chi connectivity index (χ1v) is 23.5. The Hall–Kier alpha value is -4.89. The monoisotopic (exact) mass is 894 g/mol. The van der Waals surface area contributed by atoms with Crippen LogP contribution in [0.3, 0.4) is 0 Å². The average Bonchev–Trinajstić information content (AvgIpc) is 3.97. The number of H-pyrrole nitrogens is 1. The molecule has 0 radical (unpaired) electrons. The summed E-state index contributed by atoms with van der Waals surface area (Å²) in [6.45, 7) is 14.3.